The Morgan fingerprint density at radius 1 is 1.18 bits per heavy atom. The van der Waals surface area contributed by atoms with Gasteiger partial charge in [-0.3, -0.25) is 9.79 Å². The summed E-state index contributed by atoms with van der Waals surface area (Å²) in [4.78, 5) is 25.7. The highest BCUT2D eigenvalue weighted by atomic mass is 19.1. The van der Waals surface area contributed by atoms with Gasteiger partial charge in [0.05, 0.1) is 17.0 Å². The summed E-state index contributed by atoms with van der Waals surface area (Å²) >= 11 is 0. The molecule has 0 amide bonds. The molecule has 0 aliphatic carbocycles. The Kier molecular flexibility index (Phi) is 6.55. The molecule has 2 heterocycles. The van der Waals surface area contributed by atoms with Crippen molar-refractivity contribution in [1.82, 2.24) is 15.3 Å². The second kappa shape index (κ2) is 9.54. The lowest BCUT2D eigenvalue weighted by atomic mass is 9.86. The molecule has 2 aromatic carbocycles. The first-order chi connectivity index (χ1) is 15.9. The van der Waals surface area contributed by atoms with Crippen LogP contribution in [-0.2, 0) is 0 Å². The molecule has 1 saturated heterocycles. The molecule has 1 aliphatic rings. The predicted octanol–water partition coefficient (Wildman–Crippen LogP) is 3.75. The van der Waals surface area contributed by atoms with Gasteiger partial charge in [-0.15, -0.1) is 0 Å². The number of benzene rings is 2. The van der Waals surface area contributed by atoms with Crippen LogP contribution in [0.2, 0.25) is 0 Å². The van der Waals surface area contributed by atoms with Crippen LogP contribution in [0.25, 0.3) is 0 Å². The zero-order valence-corrected chi connectivity index (χ0v) is 18.5. The van der Waals surface area contributed by atoms with Crippen LogP contribution in [-0.4, -0.2) is 41.6 Å². The number of ketones is 1. The van der Waals surface area contributed by atoms with E-state index in [0.29, 0.717) is 17.2 Å². The maximum atomic E-state index is 15.3. The number of aliphatic imine (C=N–C) groups is 1. The summed E-state index contributed by atoms with van der Waals surface area (Å²) in [6.07, 6.45) is 2.42. The number of carbonyl (C=O) groups excluding carboxylic acids is 1. The average molecular weight is 450 g/mol. The van der Waals surface area contributed by atoms with E-state index in [9.17, 15) is 9.18 Å². The summed E-state index contributed by atoms with van der Waals surface area (Å²) in [6, 6.07) is 9.43. The standard InChI is InChI=1S/C25H25F2N5O/c1-14(17-8-9-30-12-17)22-21(25(28)32-13-31-22)23(29-2)19-7-6-16(11-20(19)27)24(33)15-4-3-5-18(26)10-15/h3-7,10-11,13-14,17,30H,8-9,12H2,1-2H3,(H2,28,31,32)/b29-23-. The van der Waals surface area contributed by atoms with Crippen LogP contribution in [0.4, 0.5) is 14.6 Å². The third-order valence-electron chi connectivity index (χ3n) is 6.18. The van der Waals surface area contributed by atoms with E-state index in [1.807, 2.05) is 0 Å². The third kappa shape index (κ3) is 4.52. The van der Waals surface area contributed by atoms with Crippen molar-refractivity contribution in [1.29, 1.82) is 0 Å². The SMILES string of the molecule is C/N=C(/c1ccc(C(=O)c2cccc(F)c2)cc1F)c1c(N)ncnc1C(C)C1CCNC1. The first-order valence-electron chi connectivity index (χ1n) is 10.8. The molecular weight excluding hydrogens is 424 g/mol. The van der Waals surface area contributed by atoms with Crippen molar-refractivity contribution in [3.05, 3.63) is 88.4 Å². The zero-order chi connectivity index (χ0) is 23.5. The molecule has 0 radical (unpaired) electrons. The van der Waals surface area contributed by atoms with Crippen LogP contribution in [0, 0.1) is 17.6 Å². The molecule has 1 fully saturated rings. The van der Waals surface area contributed by atoms with Crippen LogP contribution in [0.1, 0.15) is 52.0 Å². The molecule has 170 valence electrons. The minimum atomic E-state index is -0.637. The number of nitrogens with one attached hydrogen (secondary N) is 1. The largest absolute Gasteiger partial charge is 0.383 e. The highest BCUT2D eigenvalue weighted by molar-refractivity contribution is 6.17. The number of rotatable bonds is 6. The maximum Gasteiger partial charge on any atom is 0.193 e. The average Bonchev–Trinajstić information content (AvgIpc) is 3.35. The van der Waals surface area contributed by atoms with Crippen molar-refractivity contribution in [2.45, 2.75) is 19.3 Å². The quantitative estimate of drug-likeness (QED) is 0.442. The Morgan fingerprint density at radius 2 is 1.97 bits per heavy atom. The minimum Gasteiger partial charge on any atom is -0.383 e. The molecule has 3 aromatic rings. The zero-order valence-electron chi connectivity index (χ0n) is 18.5. The topological polar surface area (TPSA) is 93.3 Å². The fourth-order valence-electron chi connectivity index (χ4n) is 4.34. The summed E-state index contributed by atoms with van der Waals surface area (Å²) in [5.74, 6) is -0.987. The number of hydrogen-bond acceptors (Lipinski definition) is 6. The summed E-state index contributed by atoms with van der Waals surface area (Å²) in [5, 5.41) is 3.35. The van der Waals surface area contributed by atoms with Gasteiger partial charge in [0.15, 0.2) is 5.78 Å². The third-order valence-corrected chi connectivity index (χ3v) is 6.18. The normalized spacial score (nSPS) is 17.2. The van der Waals surface area contributed by atoms with Crippen molar-refractivity contribution >= 4 is 17.3 Å². The molecule has 0 bridgehead atoms. The Labute approximate surface area is 191 Å². The summed E-state index contributed by atoms with van der Waals surface area (Å²) < 4.78 is 28.8. The summed E-state index contributed by atoms with van der Waals surface area (Å²) in [5.41, 5.74) is 8.22. The number of nitrogen functional groups attached to an aromatic ring is 1. The number of nitrogens with two attached hydrogens (primary N) is 1. The van der Waals surface area contributed by atoms with Crippen molar-refractivity contribution < 1.29 is 13.6 Å². The van der Waals surface area contributed by atoms with Gasteiger partial charge in [0, 0.05) is 29.7 Å². The molecule has 6 nitrogen and oxygen atoms in total. The van der Waals surface area contributed by atoms with Crippen molar-refractivity contribution in [2.24, 2.45) is 10.9 Å². The first-order valence-corrected chi connectivity index (χ1v) is 10.8. The van der Waals surface area contributed by atoms with Crippen LogP contribution in [0.3, 0.4) is 0 Å². The van der Waals surface area contributed by atoms with Gasteiger partial charge in [-0.25, -0.2) is 18.7 Å². The molecule has 1 aliphatic heterocycles. The molecular formula is C25H25F2N5O. The number of nitrogens with zero attached hydrogens (tertiary/aromatic N) is 3. The van der Waals surface area contributed by atoms with Gasteiger partial charge in [0.2, 0.25) is 0 Å². The van der Waals surface area contributed by atoms with Crippen LogP contribution in [0.15, 0.2) is 53.8 Å². The smallest absolute Gasteiger partial charge is 0.193 e. The van der Waals surface area contributed by atoms with Gasteiger partial charge in [0.25, 0.3) is 0 Å². The van der Waals surface area contributed by atoms with Gasteiger partial charge in [0.1, 0.15) is 23.8 Å². The number of anilines is 1. The van der Waals surface area contributed by atoms with E-state index in [4.69, 9.17) is 5.73 Å². The van der Waals surface area contributed by atoms with Crippen molar-refractivity contribution in [3.63, 3.8) is 0 Å². The van der Waals surface area contributed by atoms with Crippen LogP contribution < -0.4 is 11.1 Å². The van der Waals surface area contributed by atoms with Gasteiger partial charge in [-0.2, -0.15) is 0 Å². The molecule has 3 N–H and O–H groups in total. The molecule has 0 spiro atoms. The Hall–Kier alpha value is -3.52. The fourth-order valence-corrected chi connectivity index (χ4v) is 4.34. The number of carbonyl (C=O) groups is 1. The molecule has 0 saturated carbocycles. The molecule has 2 atom stereocenters. The van der Waals surface area contributed by atoms with Gasteiger partial charge >= 0.3 is 0 Å². The highest BCUT2D eigenvalue weighted by Crippen LogP contribution is 2.32. The lowest BCUT2D eigenvalue weighted by Crippen LogP contribution is -2.21. The van der Waals surface area contributed by atoms with Crippen molar-refractivity contribution in [2.75, 3.05) is 25.9 Å². The van der Waals surface area contributed by atoms with Crippen LogP contribution >= 0.6 is 0 Å². The maximum absolute atomic E-state index is 15.3. The summed E-state index contributed by atoms with van der Waals surface area (Å²) in [7, 11) is 1.55. The van der Waals surface area contributed by atoms with E-state index in [-0.39, 0.29) is 28.4 Å². The lowest BCUT2D eigenvalue weighted by Gasteiger charge is -2.22. The van der Waals surface area contributed by atoms with Crippen molar-refractivity contribution in [3.8, 4) is 0 Å². The van der Waals surface area contributed by atoms with Crippen LogP contribution in [0.5, 0.6) is 0 Å². The molecule has 1 aromatic heterocycles. The van der Waals surface area contributed by atoms with E-state index in [1.54, 1.807) is 7.05 Å². The number of aromatic nitrogens is 2. The predicted molar refractivity (Wildman–Crippen MR) is 124 cm³/mol. The molecule has 2 unspecified atom stereocenters. The first kappa shape index (κ1) is 22.7. The van der Waals surface area contributed by atoms with E-state index >= 15 is 4.39 Å². The number of halogens is 2. The second-order valence-electron chi connectivity index (χ2n) is 8.17. The van der Waals surface area contributed by atoms with E-state index < -0.39 is 17.4 Å². The fraction of sp³-hybridized carbons (Fsp3) is 0.280. The summed E-state index contributed by atoms with van der Waals surface area (Å²) in [6.45, 7) is 3.89. The Morgan fingerprint density at radius 3 is 2.64 bits per heavy atom. The molecule has 8 heteroatoms. The number of hydrogen-bond donors (Lipinski definition) is 2. The van der Waals surface area contributed by atoms with Gasteiger partial charge < -0.3 is 11.1 Å². The monoisotopic (exact) mass is 449 g/mol. The highest BCUT2D eigenvalue weighted by Gasteiger charge is 2.29. The second-order valence-corrected chi connectivity index (χ2v) is 8.17. The van der Waals surface area contributed by atoms with Gasteiger partial charge in [-0.05, 0) is 49.7 Å². The molecule has 4 rings (SSSR count). The van der Waals surface area contributed by atoms with Gasteiger partial charge in [-0.1, -0.05) is 25.1 Å². The van der Waals surface area contributed by atoms with E-state index in [0.717, 1.165) is 37.3 Å². The van der Waals surface area contributed by atoms with E-state index in [1.165, 1.54) is 36.7 Å². The lowest BCUT2D eigenvalue weighted by molar-refractivity contribution is 0.103. The minimum absolute atomic E-state index is 0.0638. The Bertz CT molecular complexity index is 1220. The van der Waals surface area contributed by atoms with E-state index in [2.05, 4.69) is 27.2 Å². The molecule has 33 heavy (non-hydrogen) atoms. The Balaban J connectivity index is 1.73.